The molecule has 0 aromatic carbocycles. The topological polar surface area (TPSA) is 58.0 Å². The van der Waals surface area contributed by atoms with Gasteiger partial charge in [-0.2, -0.15) is 0 Å². The summed E-state index contributed by atoms with van der Waals surface area (Å²) in [5.41, 5.74) is -0.651. The highest BCUT2D eigenvalue weighted by Gasteiger charge is 2.12. The molecule has 0 aliphatic heterocycles. The van der Waals surface area contributed by atoms with Gasteiger partial charge in [0, 0.05) is 12.7 Å². The third-order valence-corrected chi connectivity index (χ3v) is 2.47. The summed E-state index contributed by atoms with van der Waals surface area (Å²) in [7, 11) is 0. The number of halogens is 1. The molecule has 84 valence electrons. The van der Waals surface area contributed by atoms with Gasteiger partial charge in [0.2, 0.25) is 0 Å². The summed E-state index contributed by atoms with van der Waals surface area (Å²) in [6, 6.07) is 0. The van der Waals surface area contributed by atoms with Crippen LogP contribution in [0.2, 0.25) is 0 Å². The van der Waals surface area contributed by atoms with Crippen molar-refractivity contribution in [2.75, 3.05) is 11.9 Å². The molecule has 0 fully saturated rings. The molecule has 0 radical (unpaired) electrons. The van der Waals surface area contributed by atoms with E-state index in [1.165, 1.54) is 0 Å². The van der Waals surface area contributed by atoms with Gasteiger partial charge in [0.05, 0.1) is 10.1 Å². The van der Waals surface area contributed by atoms with Gasteiger partial charge in [-0.3, -0.25) is 0 Å². The Labute approximate surface area is 98.3 Å². The van der Waals surface area contributed by atoms with Crippen LogP contribution in [0.5, 0.6) is 0 Å². The third kappa shape index (κ3) is 4.57. The molecular weight excluding hydrogens is 258 g/mol. The SMILES string of the molecule is Cc1ncc(Br)c(NCCC(C)(C)O)n1. The maximum Gasteiger partial charge on any atom is 0.144 e. The van der Waals surface area contributed by atoms with Crippen LogP contribution in [0.4, 0.5) is 5.82 Å². The zero-order valence-corrected chi connectivity index (χ0v) is 10.8. The Morgan fingerprint density at radius 2 is 2.20 bits per heavy atom. The molecule has 0 aliphatic rings. The molecule has 2 N–H and O–H groups in total. The molecule has 0 spiro atoms. The normalized spacial score (nSPS) is 11.5. The number of hydrogen-bond donors (Lipinski definition) is 2. The molecule has 4 nitrogen and oxygen atoms in total. The van der Waals surface area contributed by atoms with Gasteiger partial charge in [0.1, 0.15) is 11.6 Å². The highest BCUT2D eigenvalue weighted by atomic mass is 79.9. The van der Waals surface area contributed by atoms with E-state index in [1.54, 1.807) is 20.0 Å². The predicted molar refractivity (Wildman–Crippen MR) is 63.9 cm³/mol. The van der Waals surface area contributed by atoms with E-state index in [0.29, 0.717) is 13.0 Å². The first kappa shape index (κ1) is 12.4. The lowest BCUT2D eigenvalue weighted by Crippen LogP contribution is -2.23. The van der Waals surface area contributed by atoms with E-state index in [0.717, 1.165) is 16.1 Å². The van der Waals surface area contributed by atoms with E-state index in [-0.39, 0.29) is 0 Å². The number of nitrogens with zero attached hydrogens (tertiary/aromatic N) is 2. The first-order valence-electron chi connectivity index (χ1n) is 4.84. The fraction of sp³-hybridized carbons (Fsp3) is 0.600. The van der Waals surface area contributed by atoms with Crippen LogP contribution < -0.4 is 5.32 Å². The number of rotatable bonds is 4. The molecular formula is C10H16BrN3O. The maximum absolute atomic E-state index is 9.54. The van der Waals surface area contributed by atoms with Crippen LogP contribution in [0.25, 0.3) is 0 Å². The lowest BCUT2D eigenvalue weighted by Gasteiger charge is -2.17. The summed E-state index contributed by atoms with van der Waals surface area (Å²) in [6.45, 7) is 6.09. The second kappa shape index (κ2) is 4.90. The second-order valence-electron chi connectivity index (χ2n) is 4.10. The molecule has 1 rings (SSSR count). The number of anilines is 1. The predicted octanol–water partition coefficient (Wildman–Crippen LogP) is 2.12. The molecule has 5 heteroatoms. The molecule has 0 amide bonds. The van der Waals surface area contributed by atoms with Crippen LogP contribution in [0, 0.1) is 6.92 Å². The van der Waals surface area contributed by atoms with Crippen molar-refractivity contribution in [1.29, 1.82) is 0 Å². The third-order valence-electron chi connectivity index (χ3n) is 1.89. The van der Waals surface area contributed by atoms with Crippen molar-refractivity contribution in [2.45, 2.75) is 32.8 Å². The molecule has 15 heavy (non-hydrogen) atoms. The number of aliphatic hydroxyl groups is 1. The molecule has 0 bridgehead atoms. The average Bonchev–Trinajstić information content (AvgIpc) is 2.09. The lowest BCUT2D eigenvalue weighted by atomic mass is 10.1. The van der Waals surface area contributed by atoms with Gasteiger partial charge in [-0.15, -0.1) is 0 Å². The highest BCUT2D eigenvalue weighted by Crippen LogP contribution is 2.18. The van der Waals surface area contributed by atoms with Crippen LogP contribution in [0.15, 0.2) is 10.7 Å². The van der Waals surface area contributed by atoms with Gasteiger partial charge in [-0.05, 0) is 43.1 Å². The lowest BCUT2D eigenvalue weighted by molar-refractivity contribution is 0.0748. The van der Waals surface area contributed by atoms with Crippen LogP contribution >= 0.6 is 15.9 Å². The molecule has 1 aromatic rings. The Hall–Kier alpha value is -0.680. The summed E-state index contributed by atoms with van der Waals surface area (Å²) in [5, 5.41) is 12.7. The average molecular weight is 274 g/mol. The van der Waals surface area contributed by atoms with Crippen molar-refractivity contribution in [3.8, 4) is 0 Å². The smallest absolute Gasteiger partial charge is 0.144 e. The van der Waals surface area contributed by atoms with Crippen molar-refractivity contribution in [3.05, 3.63) is 16.5 Å². The molecule has 0 unspecified atom stereocenters. The minimum absolute atomic E-state index is 0.651. The van der Waals surface area contributed by atoms with E-state index >= 15 is 0 Å². The molecule has 0 aliphatic carbocycles. The summed E-state index contributed by atoms with van der Waals surface area (Å²) in [5.74, 6) is 1.50. The highest BCUT2D eigenvalue weighted by molar-refractivity contribution is 9.10. The zero-order chi connectivity index (χ0) is 11.5. The van der Waals surface area contributed by atoms with Crippen molar-refractivity contribution in [2.24, 2.45) is 0 Å². The molecule has 1 heterocycles. The second-order valence-corrected chi connectivity index (χ2v) is 4.96. The van der Waals surface area contributed by atoms with Crippen molar-refractivity contribution in [3.63, 3.8) is 0 Å². The fourth-order valence-electron chi connectivity index (χ4n) is 1.07. The minimum atomic E-state index is -0.651. The summed E-state index contributed by atoms with van der Waals surface area (Å²) in [4.78, 5) is 8.29. The minimum Gasteiger partial charge on any atom is -0.390 e. The van der Waals surface area contributed by atoms with Gasteiger partial charge in [0.15, 0.2) is 0 Å². The Morgan fingerprint density at radius 3 is 2.80 bits per heavy atom. The first-order valence-corrected chi connectivity index (χ1v) is 5.63. The zero-order valence-electron chi connectivity index (χ0n) is 9.21. The Bertz CT molecular complexity index is 336. The van der Waals surface area contributed by atoms with Crippen molar-refractivity contribution >= 4 is 21.7 Å². The van der Waals surface area contributed by atoms with Gasteiger partial charge in [0.25, 0.3) is 0 Å². The van der Waals surface area contributed by atoms with E-state index in [4.69, 9.17) is 0 Å². The number of hydrogen-bond acceptors (Lipinski definition) is 4. The van der Waals surface area contributed by atoms with Crippen LogP contribution in [0.1, 0.15) is 26.1 Å². The van der Waals surface area contributed by atoms with Crippen LogP contribution in [-0.4, -0.2) is 27.2 Å². The van der Waals surface area contributed by atoms with Crippen molar-refractivity contribution in [1.82, 2.24) is 9.97 Å². The molecule has 0 saturated carbocycles. The van der Waals surface area contributed by atoms with Crippen LogP contribution in [-0.2, 0) is 0 Å². The Morgan fingerprint density at radius 1 is 1.53 bits per heavy atom. The van der Waals surface area contributed by atoms with Crippen molar-refractivity contribution < 1.29 is 5.11 Å². The standard InChI is InChI=1S/C10H16BrN3O/c1-7-13-6-8(11)9(14-7)12-5-4-10(2,3)15/h6,15H,4-5H2,1-3H3,(H,12,13,14). The van der Waals surface area contributed by atoms with Gasteiger partial charge in [-0.25, -0.2) is 9.97 Å². The number of nitrogens with one attached hydrogen (secondary N) is 1. The summed E-state index contributed by atoms with van der Waals surface area (Å²) >= 11 is 3.36. The Kier molecular flexibility index (Phi) is 4.04. The summed E-state index contributed by atoms with van der Waals surface area (Å²) < 4.78 is 0.837. The van der Waals surface area contributed by atoms with Gasteiger partial charge in [-0.1, -0.05) is 0 Å². The molecule has 1 aromatic heterocycles. The quantitative estimate of drug-likeness (QED) is 0.883. The number of aromatic nitrogens is 2. The largest absolute Gasteiger partial charge is 0.390 e. The molecule has 0 atom stereocenters. The maximum atomic E-state index is 9.54. The van der Waals surface area contributed by atoms with E-state index in [1.807, 2.05) is 6.92 Å². The van der Waals surface area contributed by atoms with Crippen LogP contribution in [0.3, 0.4) is 0 Å². The van der Waals surface area contributed by atoms with Gasteiger partial charge < -0.3 is 10.4 Å². The molecule has 0 saturated heterocycles. The first-order chi connectivity index (χ1) is 6.88. The van der Waals surface area contributed by atoms with E-state index in [9.17, 15) is 5.11 Å². The summed E-state index contributed by atoms with van der Waals surface area (Å²) in [6.07, 6.45) is 2.39. The van der Waals surface area contributed by atoms with Gasteiger partial charge >= 0.3 is 0 Å². The monoisotopic (exact) mass is 273 g/mol. The Balaban J connectivity index is 2.54. The van der Waals surface area contributed by atoms with E-state index < -0.39 is 5.60 Å². The number of aryl methyl sites for hydroxylation is 1. The fourth-order valence-corrected chi connectivity index (χ4v) is 1.40. The van der Waals surface area contributed by atoms with E-state index in [2.05, 4.69) is 31.2 Å².